The van der Waals surface area contributed by atoms with Gasteiger partial charge in [-0.1, -0.05) is 18.2 Å². The number of carbonyl (C=O) groups is 2. The zero-order chi connectivity index (χ0) is 20.9. The van der Waals surface area contributed by atoms with Crippen LogP contribution >= 0.6 is 0 Å². The Morgan fingerprint density at radius 2 is 1.61 bits per heavy atom. The third-order valence-corrected chi connectivity index (χ3v) is 5.91. The summed E-state index contributed by atoms with van der Waals surface area (Å²) in [5, 5.41) is 2.44. The molecular weight excluding hydrogens is 390 g/mol. The topological polar surface area (TPSA) is 83.6 Å². The van der Waals surface area contributed by atoms with E-state index in [1.165, 1.54) is 44.3 Å². The van der Waals surface area contributed by atoms with E-state index in [1.54, 1.807) is 0 Å². The van der Waals surface area contributed by atoms with Crippen LogP contribution < -0.4 is 5.32 Å². The Balaban J connectivity index is 1.94. The molecular formula is C19H20F2N2O4S. The highest BCUT2D eigenvalue weighted by Gasteiger charge is 2.23. The lowest BCUT2D eigenvalue weighted by Crippen LogP contribution is -2.39. The Morgan fingerprint density at radius 3 is 2.14 bits per heavy atom. The van der Waals surface area contributed by atoms with E-state index in [0.717, 1.165) is 16.4 Å². The van der Waals surface area contributed by atoms with Crippen molar-refractivity contribution in [1.29, 1.82) is 0 Å². The maximum absolute atomic E-state index is 13.5. The molecule has 0 saturated heterocycles. The Morgan fingerprint density at radius 1 is 1.04 bits per heavy atom. The smallest absolute Gasteiger partial charge is 0.243 e. The maximum atomic E-state index is 13.5. The van der Waals surface area contributed by atoms with Crippen LogP contribution in [0.5, 0.6) is 0 Å². The molecule has 0 heterocycles. The number of carbonyl (C=O) groups excluding carboxylic acids is 2. The number of sulfonamides is 1. The Bertz CT molecular complexity index is 956. The molecule has 0 aromatic heterocycles. The van der Waals surface area contributed by atoms with E-state index in [9.17, 15) is 26.8 Å². The molecule has 150 valence electrons. The van der Waals surface area contributed by atoms with Crippen LogP contribution in [0.3, 0.4) is 0 Å². The van der Waals surface area contributed by atoms with Crippen LogP contribution in [-0.2, 0) is 21.2 Å². The third kappa shape index (κ3) is 5.20. The van der Waals surface area contributed by atoms with Gasteiger partial charge in [0.05, 0.1) is 11.4 Å². The summed E-state index contributed by atoms with van der Waals surface area (Å²) in [5.41, 5.74) is 0.231. The van der Waals surface area contributed by atoms with Crippen molar-refractivity contribution in [3.63, 3.8) is 0 Å². The van der Waals surface area contributed by atoms with Gasteiger partial charge in [-0.15, -0.1) is 0 Å². The van der Waals surface area contributed by atoms with Crippen LogP contribution in [0.25, 0.3) is 0 Å². The first-order valence-corrected chi connectivity index (χ1v) is 9.84. The van der Waals surface area contributed by atoms with E-state index in [-0.39, 0.29) is 29.2 Å². The SMILES string of the molecule is CC(=O)c1ccc(S(=O)(=O)N(C)CC(=O)NCCc2c(F)cccc2F)cc1. The highest BCUT2D eigenvalue weighted by atomic mass is 32.2. The maximum Gasteiger partial charge on any atom is 0.243 e. The molecule has 2 aromatic rings. The second-order valence-electron chi connectivity index (χ2n) is 6.14. The number of hydrogen-bond acceptors (Lipinski definition) is 4. The summed E-state index contributed by atoms with van der Waals surface area (Å²) in [5.74, 6) is -2.21. The molecule has 6 nitrogen and oxygen atoms in total. The number of ketones is 1. The van der Waals surface area contributed by atoms with Crippen molar-refractivity contribution in [1.82, 2.24) is 9.62 Å². The number of benzene rings is 2. The molecule has 1 N–H and O–H groups in total. The van der Waals surface area contributed by atoms with E-state index < -0.39 is 34.1 Å². The minimum Gasteiger partial charge on any atom is -0.355 e. The highest BCUT2D eigenvalue weighted by molar-refractivity contribution is 7.89. The summed E-state index contributed by atoms with van der Waals surface area (Å²) in [6, 6.07) is 8.87. The van der Waals surface area contributed by atoms with Crippen LogP contribution in [0.1, 0.15) is 22.8 Å². The molecule has 0 spiro atoms. The fourth-order valence-electron chi connectivity index (χ4n) is 2.48. The van der Waals surface area contributed by atoms with Gasteiger partial charge >= 0.3 is 0 Å². The summed E-state index contributed by atoms with van der Waals surface area (Å²) in [6.45, 7) is 0.863. The molecule has 0 saturated carbocycles. The molecule has 0 bridgehead atoms. The first kappa shape index (κ1) is 21.6. The van der Waals surface area contributed by atoms with Gasteiger partial charge in [-0.05, 0) is 37.6 Å². The monoisotopic (exact) mass is 410 g/mol. The molecule has 0 aliphatic rings. The van der Waals surface area contributed by atoms with Crippen molar-refractivity contribution in [3.05, 3.63) is 65.2 Å². The number of nitrogens with zero attached hydrogens (tertiary/aromatic N) is 1. The lowest BCUT2D eigenvalue weighted by Gasteiger charge is -2.17. The first-order chi connectivity index (χ1) is 13.1. The molecule has 28 heavy (non-hydrogen) atoms. The molecule has 0 aliphatic heterocycles. The van der Waals surface area contributed by atoms with Crippen LogP contribution in [-0.4, -0.2) is 44.6 Å². The normalized spacial score (nSPS) is 11.5. The zero-order valence-electron chi connectivity index (χ0n) is 15.4. The second kappa shape index (κ2) is 9.03. The summed E-state index contributed by atoms with van der Waals surface area (Å²) in [7, 11) is -2.69. The Hall–Kier alpha value is -2.65. The van der Waals surface area contributed by atoms with Crippen molar-refractivity contribution < 1.29 is 26.8 Å². The van der Waals surface area contributed by atoms with Gasteiger partial charge in [0.1, 0.15) is 11.6 Å². The van der Waals surface area contributed by atoms with E-state index in [2.05, 4.69) is 5.32 Å². The van der Waals surface area contributed by atoms with Crippen molar-refractivity contribution in [3.8, 4) is 0 Å². The molecule has 1 amide bonds. The molecule has 9 heteroatoms. The van der Waals surface area contributed by atoms with E-state index in [4.69, 9.17) is 0 Å². The first-order valence-electron chi connectivity index (χ1n) is 8.40. The van der Waals surface area contributed by atoms with Crippen LogP contribution in [0.15, 0.2) is 47.4 Å². The van der Waals surface area contributed by atoms with Crippen molar-refractivity contribution in [2.24, 2.45) is 0 Å². The number of Topliss-reactive ketones (excluding diaryl/α,β-unsaturated/α-hetero) is 1. The van der Waals surface area contributed by atoms with Gasteiger partial charge in [-0.3, -0.25) is 9.59 Å². The summed E-state index contributed by atoms with van der Waals surface area (Å²) in [6.07, 6.45) is -0.0623. The van der Waals surface area contributed by atoms with Gasteiger partial charge in [-0.25, -0.2) is 17.2 Å². The largest absolute Gasteiger partial charge is 0.355 e. The number of likely N-dealkylation sites (N-methyl/N-ethyl adjacent to an activating group) is 1. The molecule has 2 aromatic carbocycles. The van der Waals surface area contributed by atoms with E-state index in [1.807, 2.05) is 0 Å². The molecule has 0 radical (unpaired) electrons. The molecule has 0 fully saturated rings. The minimum atomic E-state index is -3.93. The standard InChI is InChI=1S/C19H20F2N2O4S/c1-13(24)14-6-8-15(9-7-14)28(26,27)23(2)12-19(25)22-11-10-16-17(20)4-3-5-18(16)21/h3-9H,10-12H2,1-2H3,(H,22,25). The Kier molecular flexibility index (Phi) is 6.98. The summed E-state index contributed by atoms with van der Waals surface area (Å²) in [4.78, 5) is 23.2. The Labute approximate surface area is 162 Å². The summed E-state index contributed by atoms with van der Waals surface area (Å²) >= 11 is 0. The molecule has 2 rings (SSSR count). The third-order valence-electron chi connectivity index (χ3n) is 4.09. The lowest BCUT2D eigenvalue weighted by molar-refractivity contribution is -0.121. The van der Waals surface area contributed by atoms with Gasteiger partial charge in [0.15, 0.2) is 5.78 Å². The average molecular weight is 410 g/mol. The molecule has 0 aliphatic carbocycles. The van der Waals surface area contributed by atoms with Gasteiger partial charge in [0, 0.05) is 24.7 Å². The number of nitrogens with one attached hydrogen (secondary N) is 1. The van der Waals surface area contributed by atoms with Gasteiger partial charge in [0.25, 0.3) is 0 Å². The number of hydrogen-bond donors (Lipinski definition) is 1. The fraction of sp³-hybridized carbons (Fsp3) is 0.263. The van der Waals surface area contributed by atoms with Gasteiger partial charge < -0.3 is 5.32 Å². The second-order valence-corrected chi connectivity index (χ2v) is 8.19. The van der Waals surface area contributed by atoms with Crippen LogP contribution in [0, 0.1) is 11.6 Å². The van der Waals surface area contributed by atoms with Crippen molar-refractivity contribution in [2.75, 3.05) is 20.1 Å². The number of halogens is 2. The van der Waals surface area contributed by atoms with Gasteiger partial charge in [0.2, 0.25) is 15.9 Å². The van der Waals surface area contributed by atoms with Crippen molar-refractivity contribution >= 4 is 21.7 Å². The predicted octanol–water partition coefficient (Wildman–Crippen LogP) is 2.15. The number of rotatable bonds is 8. The van der Waals surface area contributed by atoms with Crippen molar-refractivity contribution in [2.45, 2.75) is 18.2 Å². The molecule has 0 unspecified atom stereocenters. The minimum absolute atomic E-state index is 0.0438. The quantitative estimate of drug-likeness (QED) is 0.676. The lowest BCUT2D eigenvalue weighted by atomic mass is 10.1. The van der Waals surface area contributed by atoms with E-state index in [0.29, 0.717) is 5.56 Å². The zero-order valence-corrected chi connectivity index (χ0v) is 16.2. The molecule has 0 atom stereocenters. The van der Waals surface area contributed by atoms with Gasteiger partial charge in [-0.2, -0.15) is 4.31 Å². The summed E-state index contributed by atoms with van der Waals surface area (Å²) < 4.78 is 52.9. The van der Waals surface area contributed by atoms with E-state index >= 15 is 0 Å². The van der Waals surface area contributed by atoms with Crippen LogP contribution in [0.2, 0.25) is 0 Å². The highest BCUT2D eigenvalue weighted by Crippen LogP contribution is 2.15. The fourth-order valence-corrected chi connectivity index (χ4v) is 3.61. The predicted molar refractivity (Wildman–Crippen MR) is 99.3 cm³/mol. The average Bonchev–Trinajstić information content (AvgIpc) is 2.64. The van der Waals surface area contributed by atoms with Crippen LogP contribution in [0.4, 0.5) is 8.78 Å². The number of amides is 1.